The molecule has 4 nitrogen and oxygen atoms in total. The van der Waals surface area contributed by atoms with Crippen LogP contribution in [0.3, 0.4) is 0 Å². The third kappa shape index (κ3) is 2.80. The standard InChI is InChI=1S/C20H22N2O2/c1-14(2)16-13-22(19(23)15-9-5-4-6-10-15)18-12-8-7-11-17(18)21(3)20(16)24/h4-12,14,16H,13H2,1-3H3/t16-/m1/s1. The highest BCUT2D eigenvalue weighted by Crippen LogP contribution is 2.35. The van der Waals surface area contributed by atoms with Crippen LogP contribution in [0.4, 0.5) is 11.4 Å². The van der Waals surface area contributed by atoms with Gasteiger partial charge in [-0.1, -0.05) is 44.2 Å². The van der Waals surface area contributed by atoms with E-state index in [0.29, 0.717) is 12.1 Å². The highest BCUT2D eigenvalue weighted by Gasteiger charge is 2.35. The SMILES string of the molecule is CC(C)[C@H]1CN(C(=O)c2ccccc2)c2ccccc2N(C)C1=O. The molecule has 0 aliphatic carbocycles. The van der Waals surface area contributed by atoms with Gasteiger partial charge in [-0.25, -0.2) is 0 Å². The van der Waals surface area contributed by atoms with Crippen LogP contribution in [0.1, 0.15) is 24.2 Å². The number of amides is 2. The molecule has 0 unspecified atom stereocenters. The summed E-state index contributed by atoms with van der Waals surface area (Å²) in [5.74, 6) is -0.0898. The fourth-order valence-corrected chi connectivity index (χ4v) is 3.14. The van der Waals surface area contributed by atoms with Gasteiger partial charge in [-0.3, -0.25) is 9.59 Å². The maximum Gasteiger partial charge on any atom is 0.258 e. The van der Waals surface area contributed by atoms with Crippen LogP contribution in [0.25, 0.3) is 0 Å². The summed E-state index contributed by atoms with van der Waals surface area (Å²) < 4.78 is 0. The molecule has 0 fully saturated rings. The van der Waals surface area contributed by atoms with Crippen LogP contribution in [-0.4, -0.2) is 25.4 Å². The highest BCUT2D eigenvalue weighted by molar-refractivity contribution is 6.11. The van der Waals surface area contributed by atoms with Crippen molar-refractivity contribution in [3.63, 3.8) is 0 Å². The molecule has 2 amide bonds. The van der Waals surface area contributed by atoms with Crippen LogP contribution in [0, 0.1) is 11.8 Å². The van der Waals surface area contributed by atoms with Gasteiger partial charge in [0.15, 0.2) is 0 Å². The van der Waals surface area contributed by atoms with Gasteiger partial charge in [-0.15, -0.1) is 0 Å². The zero-order chi connectivity index (χ0) is 17.3. The molecule has 0 saturated carbocycles. The van der Waals surface area contributed by atoms with Gasteiger partial charge in [0.25, 0.3) is 5.91 Å². The summed E-state index contributed by atoms with van der Waals surface area (Å²) in [6.45, 7) is 4.45. The molecule has 1 aliphatic rings. The van der Waals surface area contributed by atoms with E-state index in [1.165, 1.54) is 0 Å². The average molecular weight is 322 g/mol. The smallest absolute Gasteiger partial charge is 0.258 e. The summed E-state index contributed by atoms with van der Waals surface area (Å²) in [6.07, 6.45) is 0. The van der Waals surface area contributed by atoms with E-state index in [0.717, 1.165) is 11.4 Å². The summed E-state index contributed by atoms with van der Waals surface area (Å²) in [4.78, 5) is 29.4. The van der Waals surface area contributed by atoms with Crippen molar-refractivity contribution in [1.29, 1.82) is 0 Å². The van der Waals surface area contributed by atoms with Crippen molar-refractivity contribution in [2.75, 3.05) is 23.4 Å². The predicted molar refractivity (Wildman–Crippen MR) is 96.3 cm³/mol. The highest BCUT2D eigenvalue weighted by atomic mass is 16.2. The molecule has 0 radical (unpaired) electrons. The van der Waals surface area contributed by atoms with Gasteiger partial charge in [0.05, 0.1) is 17.3 Å². The second-order valence-corrected chi connectivity index (χ2v) is 6.52. The Morgan fingerprint density at radius 3 is 2.21 bits per heavy atom. The summed E-state index contributed by atoms with van der Waals surface area (Å²) >= 11 is 0. The number of fused-ring (bicyclic) bond motifs is 1. The van der Waals surface area contributed by atoms with Gasteiger partial charge >= 0.3 is 0 Å². The number of carbonyl (C=O) groups is 2. The molecule has 24 heavy (non-hydrogen) atoms. The van der Waals surface area contributed by atoms with Gasteiger partial charge in [0, 0.05) is 19.2 Å². The molecule has 1 aliphatic heterocycles. The van der Waals surface area contributed by atoms with E-state index >= 15 is 0 Å². The maximum atomic E-state index is 13.1. The molecule has 1 heterocycles. The van der Waals surface area contributed by atoms with Gasteiger partial charge in [0.2, 0.25) is 5.91 Å². The summed E-state index contributed by atoms with van der Waals surface area (Å²) in [5, 5.41) is 0. The molecule has 0 bridgehead atoms. The lowest BCUT2D eigenvalue weighted by Gasteiger charge is -2.26. The number of para-hydroxylation sites is 2. The molecular formula is C20H22N2O2. The monoisotopic (exact) mass is 322 g/mol. The van der Waals surface area contributed by atoms with Crippen molar-refractivity contribution in [1.82, 2.24) is 0 Å². The van der Waals surface area contributed by atoms with Crippen molar-refractivity contribution < 1.29 is 9.59 Å². The van der Waals surface area contributed by atoms with E-state index in [4.69, 9.17) is 0 Å². The van der Waals surface area contributed by atoms with Crippen LogP contribution in [0.5, 0.6) is 0 Å². The molecule has 2 aromatic rings. The van der Waals surface area contributed by atoms with Gasteiger partial charge in [0.1, 0.15) is 0 Å². The Kier molecular flexibility index (Phi) is 4.38. The van der Waals surface area contributed by atoms with Gasteiger partial charge < -0.3 is 9.80 Å². The van der Waals surface area contributed by atoms with E-state index in [-0.39, 0.29) is 23.7 Å². The largest absolute Gasteiger partial charge is 0.313 e. The molecule has 124 valence electrons. The first-order chi connectivity index (χ1) is 11.5. The number of benzene rings is 2. The first kappa shape index (κ1) is 16.2. The fourth-order valence-electron chi connectivity index (χ4n) is 3.14. The van der Waals surface area contributed by atoms with Crippen molar-refractivity contribution >= 4 is 23.2 Å². The quantitative estimate of drug-likeness (QED) is 0.848. The van der Waals surface area contributed by atoms with Gasteiger partial charge in [-0.05, 0) is 30.2 Å². The second kappa shape index (κ2) is 6.48. The van der Waals surface area contributed by atoms with E-state index in [9.17, 15) is 9.59 Å². The van der Waals surface area contributed by atoms with Crippen LogP contribution in [0.15, 0.2) is 54.6 Å². The lowest BCUT2D eigenvalue weighted by atomic mass is 9.94. The first-order valence-corrected chi connectivity index (χ1v) is 8.24. The number of anilines is 2. The van der Waals surface area contributed by atoms with Crippen molar-refractivity contribution in [2.45, 2.75) is 13.8 Å². The van der Waals surface area contributed by atoms with Crippen molar-refractivity contribution in [2.24, 2.45) is 11.8 Å². The predicted octanol–water partition coefficient (Wildman–Crippen LogP) is 3.58. The third-order valence-electron chi connectivity index (χ3n) is 4.63. The van der Waals surface area contributed by atoms with Crippen LogP contribution >= 0.6 is 0 Å². The molecule has 2 aromatic carbocycles. The zero-order valence-corrected chi connectivity index (χ0v) is 14.3. The van der Waals surface area contributed by atoms with E-state index in [2.05, 4.69) is 0 Å². The average Bonchev–Trinajstić information content (AvgIpc) is 2.71. The molecule has 0 aromatic heterocycles. The maximum absolute atomic E-state index is 13.1. The summed E-state index contributed by atoms with van der Waals surface area (Å²) in [5.41, 5.74) is 2.19. The Morgan fingerprint density at radius 2 is 1.58 bits per heavy atom. The number of hydrogen-bond donors (Lipinski definition) is 0. The normalized spacial score (nSPS) is 17.7. The minimum atomic E-state index is -0.227. The molecular weight excluding hydrogens is 300 g/mol. The van der Waals surface area contributed by atoms with E-state index < -0.39 is 0 Å². The lowest BCUT2D eigenvalue weighted by molar-refractivity contribution is -0.122. The zero-order valence-electron chi connectivity index (χ0n) is 14.3. The number of rotatable bonds is 2. The van der Waals surface area contributed by atoms with Crippen LogP contribution in [0.2, 0.25) is 0 Å². The second-order valence-electron chi connectivity index (χ2n) is 6.52. The van der Waals surface area contributed by atoms with Gasteiger partial charge in [-0.2, -0.15) is 0 Å². The molecule has 1 atom stereocenters. The Bertz CT molecular complexity index is 755. The fraction of sp³-hybridized carbons (Fsp3) is 0.300. The third-order valence-corrected chi connectivity index (χ3v) is 4.63. The van der Waals surface area contributed by atoms with Crippen molar-refractivity contribution in [3.8, 4) is 0 Å². The van der Waals surface area contributed by atoms with Crippen molar-refractivity contribution in [3.05, 3.63) is 60.2 Å². The summed E-state index contributed by atoms with van der Waals surface area (Å²) in [7, 11) is 1.78. The Labute approximate surface area is 142 Å². The molecule has 4 heteroatoms. The topological polar surface area (TPSA) is 40.6 Å². The molecule has 3 rings (SSSR count). The van der Waals surface area contributed by atoms with Crippen LogP contribution < -0.4 is 9.80 Å². The van der Waals surface area contributed by atoms with E-state index in [1.54, 1.807) is 16.8 Å². The minimum Gasteiger partial charge on any atom is -0.313 e. The number of carbonyl (C=O) groups excluding carboxylic acids is 2. The molecule has 0 N–H and O–H groups in total. The number of hydrogen-bond acceptors (Lipinski definition) is 2. The Hall–Kier alpha value is -2.62. The number of nitrogens with zero attached hydrogens (tertiary/aromatic N) is 2. The van der Waals surface area contributed by atoms with E-state index in [1.807, 2.05) is 68.4 Å². The molecule has 0 spiro atoms. The Morgan fingerprint density at radius 1 is 1.00 bits per heavy atom. The Balaban J connectivity index is 2.10. The molecule has 0 saturated heterocycles. The lowest BCUT2D eigenvalue weighted by Crippen LogP contribution is -2.41. The summed E-state index contributed by atoms with van der Waals surface area (Å²) in [6, 6.07) is 16.8. The first-order valence-electron chi connectivity index (χ1n) is 8.24. The minimum absolute atomic E-state index is 0.0563. The van der Waals surface area contributed by atoms with Crippen LogP contribution in [-0.2, 0) is 4.79 Å².